The van der Waals surface area contributed by atoms with Gasteiger partial charge in [0.15, 0.2) is 0 Å². The van der Waals surface area contributed by atoms with Crippen LogP contribution in [-0.4, -0.2) is 15.0 Å². The molecule has 1 unspecified atom stereocenters. The minimum Gasteiger partial charge on any atom is -0.323 e. The third kappa shape index (κ3) is 1.89. The van der Waals surface area contributed by atoms with E-state index in [4.69, 9.17) is 5.73 Å². The van der Waals surface area contributed by atoms with Crippen LogP contribution in [0.4, 0.5) is 0 Å². The Hall–Kier alpha value is -1.68. The van der Waals surface area contributed by atoms with Gasteiger partial charge in [0.25, 0.3) is 0 Å². The molecule has 0 saturated heterocycles. The molecule has 2 N–H and O–H groups in total. The molecule has 1 heterocycles. The smallest absolute Gasteiger partial charge is 0.102 e. The molecule has 0 aliphatic rings. The third-order valence-electron chi connectivity index (χ3n) is 2.24. The molecule has 0 aliphatic heterocycles. The van der Waals surface area contributed by atoms with E-state index in [1.807, 2.05) is 44.2 Å². The van der Waals surface area contributed by atoms with Crippen LogP contribution in [0, 0.1) is 6.92 Å². The third-order valence-corrected chi connectivity index (χ3v) is 2.24. The highest BCUT2D eigenvalue weighted by atomic mass is 15.5. The Morgan fingerprint density at radius 1 is 1.20 bits per heavy atom. The highest BCUT2D eigenvalue weighted by molar-refractivity contribution is 5.29. The van der Waals surface area contributed by atoms with Crippen LogP contribution in [0.2, 0.25) is 0 Å². The Morgan fingerprint density at radius 2 is 1.87 bits per heavy atom. The minimum atomic E-state index is -0.0811. The van der Waals surface area contributed by atoms with Gasteiger partial charge in [0.05, 0.1) is 11.4 Å². The molecule has 4 nitrogen and oxygen atoms in total. The number of benzene rings is 1. The van der Waals surface area contributed by atoms with Crippen molar-refractivity contribution < 1.29 is 0 Å². The molecule has 4 heteroatoms. The predicted molar refractivity (Wildman–Crippen MR) is 58.7 cm³/mol. The van der Waals surface area contributed by atoms with Crippen LogP contribution in [-0.2, 0) is 0 Å². The summed E-state index contributed by atoms with van der Waals surface area (Å²) in [5.74, 6) is 0. The van der Waals surface area contributed by atoms with Crippen molar-refractivity contribution in [1.82, 2.24) is 15.0 Å². The maximum Gasteiger partial charge on any atom is 0.102 e. The van der Waals surface area contributed by atoms with E-state index in [1.165, 1.54) is 0 Å². The summed E-state index contributed by atoms with van der Waals surface area (Å²) in [7, 11) is 0. The molecular weight excluding hydrogens is 188 g/mol. The van der Waals surface area contributed by atoms with Crippen molar-refractivity contribution in [2.75, 3.05) is 0 Å². The van der Waals surface area contributed by atoms with Gasteiger partial charge in [0.2, 0.25) is 0 Å². The van der Waals surface area contributed by atoms with Crippen molar-refractivity contribution in [3.63, 3.8) is 0 Å². The highest BCUT2D eigenvalue weighted by Gasteiger charge is 2.11. The Labute approximate surface area is 88.7 Å². The molecule has 2 rings (SSSR count). The van der Waals surface area contributed by atoms with E-state index in [0.29, 0.717) is 0 Å². The molecule has 1 atom stereocenters. The fraction of sp³-hybridized carbons (Fsp3) is 0.273. The fourth-order valence-electron chi connectivity index (χ4n) is 1.49. The Kier molecular flexibility index (Phi) is 2.51. The Bertz CT molecular complexity index is 445. The maximum atomic E-state index is 5.79. The Morgan fingerprint density at radius 3 is 2.40 bits per heavy atom. The minimum absolute atomic E-state index is 0.0811. The predicted octanol–water partition coefficient (Wildman–Crippen LogP) is 1.60. The van der Waals surface area contributed by atoms with Gasteiger partial charge < -0.3 is 5.73 Å². The molecule has 1 aromatic heterocycles. The van der Waals surface area contributed by atoms with Gasteiger partial charge in [-0.3, -0.25) is 0 Å². The maximum absolute atomic E-state index is 5.79. The molecule has 0 aliphatic carbocycles. The van der Waals surface area contributed by atoms with Crippen LogP contribution < -0.4 is 5.73 Å². The van der Waals surface area contributed by atoms with E-state index < -0.39 is 0 Å². The van der Waals surface area contributed by atoms with E-state index >= 15 is 0 Å². The van der Waals surface area contributed by atoms with Crippen molar-refractivity contribution >= 4 is 0 Å². The van der Waals surface area contributed by atoms with E-state index in [1.54, 1.807) is 4.80 Å². The van der Waals surface area contributed by atoms with Crippen molar-refractivity contribution in [3.8, 4) is 5.69 Å². The first kappa shape index (κ1) is 9.86. The van der Waals surface area contributed by atoms with Crippen molar-refractivity contribution in [2.24, 2.45) is 5.73 Å². The van der Waals surface area contributed by atoms with Crippen LogP contribution in [0.5, 0.6) is 0 Å². The largest absolute Gasteiger partial charge is 0.323 e. The zero-order chi connectivity index (χ0) is 10.8. The molecule has 1 aromatic carbocycles. The Balaban J connectivity index is 2.43. The summed E-state index contributed by atoms with van der Waals surface area (Å²) in [5.41, 5.74) is 8.47. The second kappa shape index (κ2) is 3.82. The average Bonchev–Trinajstić information content (AvgIpc) is 2.62. The second-order valence-electron chi connectivity index (χ2n) is 3.58. The lowest BCUT2D eigenvalue weighted by atomic mass is 10.2. The standard InChI is InChI=1S/C11H14N4/c1-8(12)11-9(2)13-15(14-11)10-6-4-3-5-7-10/h3-8H,12H2,1-2H3. The van der Waals surface area contributed by atoms with Gasteiger partial charge in [-0.05, 0) is 26.0 Å². The van der Waals surface area contributed by atoms with Crippen LogP contribution in [0.25, 0.3) is 5.69 Å². The molecule has 0 amide bonds. The average molecular weight is 202 g/mol. The van der Waals surface area contributed by atoms with Crippen molar-refractivity contribution in [2.45, 2.75) is 19.9 Å². The zero-order valence-corrected chi connectivity index (χ0v) is 8.88. The lowest BCUT2D eigenvalue weighted by Gasteiger charge is -1.99. The molecule has 78 valence electrons. The number of aromatic nitrogens is 3. The van der Waals surface area contributed by atoms with Gasteiger partial charge in [-0.1, -0.05) is 18.2 Å². The van der Waals surface area contributed by atoms with E-state index in [0.717, 1.165) is 17.1 Å². The fourth-order valence-corrected chi connectivity index (χ4v) is 1.49. The number of aryl methyl sites for hydroxylation is 1. The number of hydrogen-bond donors (Lipinski definition) is 1. The normalized spacial score (nSPS) is 12.7. The molecule has 0 fully saturated rings. The monoisotopic (exact) mass is 202 g/mol. The summed E-state index contributed by atoms with van der Waals surface area (Å²) in [4.78, 5) is 1.62. The first-order valence-electron chi connectivity index (χ1n) is 4.93. The number of hydrogen-bond acceptors (Lipinski definition) is 3. The molecule has 15 heavy (non-hydrogen) atoms. The summed E-state index contributed by atoms with van der Waals surface area (Å²) in [6, 6.07) is 9.72. The lowest BCUT2D eigenvalue weighted by molar-refractivity contribution is 0.706. The molecule has 2 aromatic rings. The van der Waals surface area contributed by atoms with Gasteiger partial charge in [-0.15, -0.1) is 0 Å². The topological polar surface area (TPSA) is 56.7 Å². The van der Waals surface area contributed by atoms with Crippen LogP contribution in [0.1, 0.15) is 24.4 Å². The first-order chi connectivity index (χ1) is 7.18. The lowest BCUT2D eigenvalue weighted by Crippen LogP contribution is -2.07. The molecule has 0 saturated carbocycles. The number of nitrogens with zero attached hydrogens (tertiary/aromatic N) is 3. The van der Waals surface area contributed by atoms with Crippen molar-refractivity contribution in [1.29, 1.82) is 0 Å². The van der Waals surface area contributed by atoms with E-state index in [9.17, 15) is 0 Å². The number of para-hydroxylation sites is 1. The zero-order valence-electron chi connectivity index (χ0n) is 8.88. The summed E-state index contributed by atoms with van der Waals surface area (Å²) in [6.45, 7) is 3.83. The van der Waals surface area contributed by atoms with Crippen LogP contribution >= 0.6 is 0 Å². The van der Waals surface area contributed by atoms with Gasteiger partial charge in [0, 0.05) is 6.04 Å². The second-order valence-corrected chi connectivity index (χ2v) is 3.58. The molecule has 0 bridgehead atoms. The van der Waals surface area contributed by atoms with Gasteiger partial charge in [-0.2, -0.15) is 15.0 Å². The highest BCUT2D eigenvalue weighted by Crippen LogP contribution is 2.12. The summed E-state index contributed by atoms with van der Waals surface area (Å²) in [5, 5.41) is 8.69. The number of nitrogens with two attached hydrogens (primary N) is 1. The van der Waals surface area contributed by atoms with Gasteiger partial charge in [0.1, 0.15) is 5.69 Å². The molecule has 0 radical (unpaired) electrons. The van der Waals surface area contributed by atoms with Crippen molar-refractivity contribution in [3.05, 3.63) is 41.7 Å². The summed E-state index contributed by atoms with van der Waals surface area (Å²) in [6.07, 6.45) is 0. The van der Waals surface area contributed by atoms with Crippen LogP contribution in [0.3, 0.4) is 0 Å². The summed E-state index contributed by atoms with van der Waals surface area (Å²) >= 11 is 0. The molecular formula is C11H14N4. The van der Waals surface area contributed by atoms with E-state index in [2.05, 4.69) is 10.2 Å². The van der Waals surface area contributed by atoms with E-state index in [-0.39, 0.29) is 6.04 Å². The quantitative estimate of drug-likeness (QED) is 0.804. The molecule has 0 spiro atoms. The van der Waals surface area contributed by atoms with Crippen LogP contribution in [0.15, 0.2) is 30.3 Å². The number of rotatable bonds is 2. The van der Waals surface area contributed by atoms with Gasteiger partial charge in [-0.25, -0.2) is 0 Å². The van der Waals surface area contributed by atoms with Gasteiger partial charge >= 0.3 is 0 Å². The summed E-state index contributed by atoms with van der Waals surface area (Å²) < 4.78 is 0. The SMILES string of the molecule is Cc1nn(-c2ccccc2)nc1C(C)N. The first-order valence-corrected chi connectivity index (χ1v) is 4.93.